The van der Waals surface area contributed by atoms with Gasteiger partial charge in [-0.2, -0.15) is 0 Å². The Morgan fingerprint density at radius 1 is 1.05 bits per heavy atom. The molecule has 0 radical (unpaired) electrons. The normalized spacial score (nSPS) is 13.8. The van der Waals surface area contributed by atoms with Crippen LogP contribution in [0.1, 0.15) is 17.5 Å². The van der Waals surface area contributed by atoms with Gasteiger partial charge in [-0.1, -0.05) is 42.5 Å². The van der Waals surface area contributed by atoms with Gasteiger partial charge in [-0.15, -0.1) is 0 Å². The third kappa shape index (κ3) is 3.36. The molecule has 0 fully saturated rings. The van der Waals surface area contributed by atoms with Crippen LogP contribution in [0, 0.1) is 0 Å². The van der Waals surface area contributed by atoms with Gasteiger partial charge in [-0.25, -0.2) is 4.39 Å². The molecule has 1 unspecified atom stereocenters. The highest BCUT2D eigenvalue weighted by Crippen LogP contribution is 2.30. The fourth-order valence-corrected chi connectivity index (χ4v) is 2.24. The lowest BCUT2D eigenvalue weighted by molar-refractivity contribution is 0.161. The predicted octanol–water partition coefficient (Wildman–Crippen LogP) is 3.45. The molecule has 2 N–H and O–H groups in total. The second kappa shape index (κ2) is 6.53. The average Bonchev–Trinajstić information content (AvgIpc) is 2.54. The molecule has 1 atom stereocenters. The maximum atomic E-state index is 14.9. The third-order valence-electron chi connectivity index (χ3n) is 3.58. The van der Waals surface area contributed by atoms with E-state index >= 15 is 0 Å². The molecular formula is C17H20FNO. The first-order valence-corrected chi connectivity index (χ1v) is 6.75. The number of aryl methyl sites for hydroxylation is 1. The number of benzene rings is 2. The van der Waals surface area contributed by atoms with Crippen LogP contribution < -0.4 is 10.5 Å². The molecule has 0 aliphatic rings. The molecule has 0 spiro atoms. The summed E-state index contributed by atoms with van der Waals surface area (Å²) in [6, 6.07) is 16.8. The first-order valence-electron chi connectivity index (χ1n) is 6.75. The molecule has 106 valence electrons. The van der Waals surface area contributed by atoms with Crippen molar-refractivity contribution < 1.29 is 9.13 Å². The van der Waals surface area contributed by atoms with Gasteiger partial charge >= 0.3 is 0 Å². The molecule has 0 aliphatic carbocycles. The monoisotopic (exact) mass is 273 g/mol. The number of hydrogen-bond donors (Lipinski definition) is 1. The van der Waals surface area contributed by atoms with E-state index in [0.29, 0.717) is 18.4 Å². The summed E-state index contributed by atoms with van der Waals surface area (Å²) in [4.78, 5) is 0. The van der Waals surface area contributed by atoms with Gasteiger partial charge in [0, 0.05) is 6.54 Å². The fourth-order valence-electron chi connectivity index (χ4n) is 2.24. The highest BCUT2D eigenvalue weighted by Gasteiger charge is 2.29. The minimum absolute atomic E-state index is 0.00678. The van der Waals surface area contributed by atoms with Crippen molar-refractivity contribution in [2.24, 2.45) is 5.73 Å². The Bertz CT molecular complexity index is 526. The molecule has 2 aromatic rings. The predicted molar refractivity (Wildman–Crippen MR) is 79.6 cm³/mol. The summed E-state index contributed by atoms with van der Waals surface area (Å²) in [5.74, 6) is 0.808. The molecule has 0 heterocycles. The average molecular weight is 273 g/mol. The van der Waals surface area contributed by atoms with Crippen LogP contribution in [0.15, 0.2) is 54.6 Å². The molecule has 0 bridgehead atoms. The number of ether oxygens (including phenoxy) is 1. The molecule has 0 amide bonds. The molecule has 2 nitrogen and oxygen atoms in total. The SMILES string of the molecule is COc1ccc(CCC(F)(CN)c2ccccc2)cc1. The Kier molecular flexibility index (Phi) is 4.74. The third-order valence-corrected chi connectivity index (χ3v) is 3.58. The van der Waals surface area contributed by atoms with Crippen LogP contribution in [0.25, 0.3) is 0 Å². The first kappa shape index (κ1) is 14.5. The fraction of sp³-hybridized carbons (Fsp3) is 0.294. The van der Waals surface area contributed by atoms with Crippen LogP contribution in [0.5, 0.6) is 5.75 Å². The highest BCUT2D eigenvalue weighted by molar-refractivity contribution is 5.28. The minimum Gasteiger partial charge on any atom is -0.497 e. The van der Waals surface area contributed by atoms with E-state index in [4.69, 9.17) is 10.5 Å². The van der Waals surface area contributed by atoms with Gasteiger partial charge in [0.1, 0.15) is 11.4 Å². The zero-order valence-corrected chi connectivity index (χ0v) is 11.7. The Balaban J connectivity index is 2.06. The summed E-state index contributed by atoms with van der Waals surface area (Å²) < 4.78 is 20.0. The summed E-state index contributed by atoms with van der Waals surface area (Å²) in [7, 11) is 1.63. The van der Waals surface area contributed by atoms with Gasteiger partial charge in [0.15, 0.2) is 0 Å². The molecular weight excluding hydrogens is 253 g/mol. The van der Waals surface area contributed by atoms with E-state index in [-0.39, 0.29) is 6.54 Å². The Labute approximate surface area is 119 Å². The summed E-state index contributed by atoms with van der Waals surface area (Å²) in [6.07, 6.45) is 1.02. The standard InChI is InChI=1S/C17H20FNO/c1-20-16-9-7-14(8-10-16)11-12-17(18,13-19)15-5-3-2-4-6-15/h2-10H,11-13,19H2,1H3. The van der Waals surface area contributed by atoms with Gasteiger partial charge < -0.3 is 10.5 Å². The topological polar surface area (TPSA) is 35.2 Å². The first-order chi connectivity index (χ1) is 9.68. The van der Waals surface area contributed by atoms with Crippen LogP contribution >= 0.6 is 0 Å². The molecule has 20 heavy (non-hydrogen) atoms. The number of halogens is 1. The van der Waals surface area contributed by atoms with Crippen molar-refractivity contribution in [3.05, 3.63) is 65.7 Å². The van der Waals surface area contributed by atoms with E-state index in [0.717, 1.165) is 11.3 Å². The molecule has 0 saturated heterocycles. The van der Waals surface area contributed by atoms with Crippen molar-refractivity contribution in [3.63, 3.8) is 0 Å². The quantitative estimate of drug-likeness (QED) is 0.875. The summed E-state index contributed by atoms with van der Waals surface area (Å²) in [5.41, 5.74) is 5.91. The summed E-state index contributed by atoms with van der Waals surface area (Å²) in [5, 5.41) is 0. The van der Waals surface area contributed by atoms with Crippen LogP contribution in [0.4, 0.5) is 4.39 Å². The van der Waals surface area contributed by atoms with Crippen molar-refractivity contribution in [3.8, 4) is 5.75 Å². The highest BCUT2D eigenvalue weighted by atomic mass is 19.1. The van der Waals surface area contributed by atoms with Crippen LogP contribution in [0.2, 0.25) is 0 Å². The number of hydrogen-bond acceptors (Lipinski definition) is 2. The van der Waals surface area contributed by atoms with Gasteiger partial charge in [0.05, 0.1) is 7.11 Å². The molecule has 0 aromatic heterocycles. The second-order valence-corrected chi connectivity index (χ2v) is 4.88. The molecule has 2 rings (SSSR count). The van der Waals surface area contributed by atoms with Crippen molar-refractivity contribution >= 4 is 0 Å². The number of nitrogens with two attached hydrogens (primary N) is 1. The number of alkyl halides is 1. The van der Waals surface area contributed by atoms with Crippen LogP contribution in [-0.2, 0) is 12.1 Å². The lowest BCUT2D eigenvalue weighted by Crippen LogP contribution is -2.31. The van der Waals surface area contributed by atoms with Gasteiger partial charge in [0.25, 0.3) is 0 Å². The molecule has 2 aromatic carbocycles. The molecule has 0 aliphatic heterocycles. The van der Waals surface area contributed by atoms with Gasteiger partial charge in [-0.3, -0.25) is 0 Å². The molecule has 0 saturated carbocycles. The number of rotatable bonds is 6. The van der Waals surface area contributed by atoms with Gasteiger partial charge in [-0.05, 0) is 36.1 Å². The summed E-state index contributed by atoms with van der Waals surface area (Å²) in [6.45, 7) is -0.00678. The van der Waals surface area contributed by atoms with E-state index in [1.165, 1.54) is 0 Å². The largest absolute Gasteiger partial charge is 0.497 e. The summed E-state index contributed by atoms with van der Waals surface area (Å²) >= 11 is 0. The maximum Gasteiger partial charge on any atom is 0.148 e. The van der Waals surface area contributed by atoms with Crippen molar-refractivity contribution in [1.29, 1.82) is 0 Å². The zero-order valence-electron chi connectivity index (χ0n) is 11.7. The van der Waals surface area contributed by atoms with Crippen LogP contribution in [0.3, 0.4) is 0 Å². The zero-order chi connectivity index (χ0) is 14.4. The molecule has 3 heteroatoms. The smallest absolute Gasteiger partial charge is 0.148 e. The van der Waals surface area contributed by atoms with Crippen molar-refractivity contribution in [1.82, 2.24) is 0 Å². The second-order valence-electron chi connectivity index (χ2n) is 4.88. The minimum atomic E-state index is -1.47. The van der Waals surface area contributed by atoms with Crippen LogP contribution in [-0.4, -0.2) is 13.7 Å². The van der Waals surface area contributed by atoms with Crippen molar-refractivity contribution in [2.45, 2.75) is 18.5 Å². The van der Waals surface area contributed by atoms with E-state index in [1.807, 2.05) is 42.5 Å². The van der Waals surface area contributed by atoms with E-state index < -0.39 is 5.67 Å². The lowest BCUT2D eigenvalue weighted by atomic mass is 9.89. The Morgan fingerprint density at radius 3 is 2.25 bits per heavy atom. The Morgan fingerprint density at radius 2 is 1.70 bits per heavy atom. The number of methoxy groups -OCH3 is 1. The Hall–Kier alpha value is -1.87. The maximum absolute atomic E-state index is 14.9. The van der Waals surface area contributed by atoms with Crippen molar-refractivity contribution in [2.75, 3.05) is 13.7 Å². The van der Waals surface area contributed by atoms with E-state index in [1.54, 1.807) is 19.2 Å². The van der Waals surface area contributed by atoms with E-state index in [9.17, 15) is 4.39 Å². The lowest BCUT2D eigenvalue weighted by Gasteiger charge is -2.24. The van der Waals surface area contributed by atoms with Gasteiger partial charge in [0.2, 0.25) is 0 Å². The van der Waals surface area contributed by atoms with E-state index in [2.05, 4.69) is 0 Å².